The number of H-pyrrole nitrogens is 1. The van der Waals surface area contributed by atoms with Gasteiger partial charge in [-0.05, 0) is 64.8 Å². The lowest BCUT2D eigenvalue weighted by atomic mass is 9.87. The van der Waals surface area contributed by atoms with Crippen molar-refractivity contribution in [2.45, 2.75) is 127 Å². The molecule has 3 aliphatic rings. The third-order valence-corrected chi connectivity index (χ3v) is 8.45. The number of hydrogen-bond acceptors (Lipinski definition) is 5. The van der Waals surface area contributed by atoms with Gasteiger partial charge in [0.1, 0.15) is 6.33 Å². The zero-order valence-corrected chi connectivity index (χ0v) is 21.1. The lowest BCUT2D eigenvalue weighted by Crippen LogP contribution is -2.44. The Hall–Kier alpha value is -0.760. The van der Waals surface area contributed by atoms with Crippen LogP contribution >= 0.6 is 12.2 Å². The second-order valence-corrected chi connectivity index (χ2v) is 11.0. The van der Waals surface area contributed by atoms with Gasteiger partial charge in [0.05, 0.1) is 18.8 Å². The van der Waals surface area contributed by atoms with Crippen molar-refractivity contribution in [3.8, 4) is 0 Å². The Morgan fingerprint density at radius 2 is 1.44 bits per heavy atom. The lowest BCUT2D eigenvalue weighted by Gasteiger charge is -2.37. The average molecular weight is 465 g/mol. The highest BCUT2D eigenvalue weighted by molar-refractivity contribution is 7.71. The van der Waals surface area contributed by atoms with E-state index in [1.54, 1.807) is 6.33 Å². The van der Waals surface area contributed by atoms with Crippen LogP contribution in [0.2, 0.25) is 0 Å². The first-order chi connectivity index (χ1) is 15.6. The van der Waals surface area contributed by atoms with Crippen LogP contribution in [0, 0.1) is 10.7 Å². The monoisotopic (exact) mass is 464 g/mol. The minimum atomic E-state index is -0.573. The van der Waals surface area contributed by atoms with Gasteiger partial charge >= 0.3 is 0 Å². The second kappa shape index (κ2) is 11.6. The number of nitrogens with zero attached hydrogens (tertiary/aromatic N) is 3. The summed E-state index contributed by atoms with van der Waals surface area (Å²) in [5, 5.41) is 3.21. The van der Waals surface area contributed by atoms with Crippen LogP contribution in [-0.4, -0.2) is 57.8 Å². The van der Waals surface area contributed by atoms with E-state index in [0.29, 0.717) is 17.2 Å². The molecule has 1 aromatic rings. The molecule has 182 valence electrons. The average Bonchev–Trinajstić information content (AvgIpc) is 3.35. The topological polar surface area (TPSA) is 55.3 Å². The molecule has 1 aliphatic heterocycles. The molecule has 4 rings (SSSR count). The summed E-state index contributed by atoms with van der Waals surface area (Å²) in [4.78, 5) is 6.69. The van der Waals surface area contributed by atoms with Crippen LogP contribution in [0.5, 0.6) is 0 Å². The number of aromatic nitrogens is 3. The van der Waals surface area contributed by atoms with E-state index in [1.165, 1.54) is 83.5 Å². The number of fused-ring (bicyclic) bond motifs is 1. The van der Waals surface area contributed by atoms with Gasteiger partial charge in [0.15, 0.2) is 5.79 Å². The highest BCUT2D eigenvalue weighted by Gasteiger charge is 2.52. The number of rotatable bonds is 4. The Balaban J connectivity index is 1.49. The van der Waals surface area contributed by atoms with Crippen molar-refractivity contribution < 1.29 is 9.47 Å². The summed E-state index contributed by atoms with van der Waals surface area (Å²) in [6.45, 7) is 0.631. The fourth-order valence-electron chi connectivity index (χ4n) is 6.20. The summed E-state index contributed by atoms with van der Waals surface area (Å²) in [7, 11) is 4.49. The van der Waals surface area contributed by atoms with Crippen molar-refractivity contribution in [1.29, 1.82) is 0 Å². The van der Waals surface area contributed by atoms with Crippen molar-refractivity contribution in [3.63, 3.8) is 0 Å². The molecular weight excluding hydrogens is 420 g/mol. The fraction of sp³-hybridized carbons (Fsp3) is 0.920. The zero-order chi connectivity index (χ0) is 22.4. The minimum Gasteiger partial charge on any atom is -0.342 e. The summed E-state index contributed by atoms with van der Waals surface area (Å²) < 4.78 is 16.3. The van der Waals surface area contributed by atoms with E-state index in [2.05, 4.69) is 29.1 Å². The predicted octanol–water partition coefficient (Wildman–Crippen LogP) is 5.85. The van der Waals surface area contributed by atoms with Gasteiger partial charge in [-0.3, -0.25) is 9.78 Å². The summed E-state index contributed by atoms with van der Waals surface area (Å²) in [5.74, 6) is -0.166. The van der Waals surface area contributed by atoms with Crippen molar-refractivity contribution >= 4 is 12.2 Å². The number of hydrogen-bond donors (Lipinski definition) is 1. The Bertz CT molecular complexity index is 734. The molecule has 7 heteroatoms. The zero-order valence-electron chi connectivity index (χ0n) is 20.3. The van der Waals surface area contributed by atoms with Gasteiger partial charge in [0.25, 0.3) is 0 Å². The Morgan fingerprint density at radius 1 is 0.906 bits per heavy atom. The van der Waals surface area contributed by atoms with Crippen molar-refractivity contribution in [3.05, 3.63) is 11.1 Å². The van der Waals surface area contributed by atoms with Gasteiger partial charge in [0, 0.05) is 12.0 Å². The number of aromatic amines is 1. The van der Waals surface area contributed by atoms with E-state index in [4.69, 9.17) is 21.7 Å². The fourth-order valence-corrected chi connectivity index (χ4v) is 6.37. The second-order valence-electron chi connectivity index (χ2n) is 10.6. The maximum absolute atomic E-state index is 6.87. The summed E-state index contributed by atoms with van der Waals surface area (Å²) in [6.07, 6.45) is 21.1. The molecular formula is C25H44N4O2S. The molecule has 4 unspecified atom stereocenters. The molecule has 1 saturated heterocycles. The van der Waals surface area contributed by atoms with Crippen molar-refractivity contribution in [2.75, 3.05) is 14.1 Å². The standard InChI is InChI=1S/C25H44N4O2S/c1-28(2)21-14-8-4-3-6-12-20(13-7-5-9-15-21)25(18-29-24(32)26-19-27-29)30-22-16-10-11-17-23(22)31-25/h19-23H,3-18H2,1-2H3,(H,26,27,32). The number of nitrogens with one attached hydrogen (secondary N) is 1. The third kappa shape index (κ3) is 6.02. The van der Waals surface area contributed by atoms with Crippen molar-refractivity contribution in [1.82, 2.24) is 19.7 Å². The number of ether oxygens (including phenoxy) is 2. The Kier molecular flexibility index (Phi) is 8.82. The molecule has 0 spiro atoms. The van der Waals surface area contributed by atoms with Gasteiger partial charge in [-0.25, -0.2) is 4.98 Å². The molecule has 1 aromatic heterocycles. The summed E-state index contributed by atoms with van der Waals surface area (Å²) in [5.41, 5.74) is 0. The molecule has 3 fully saturated rings. The molecule has 2 heterocycles. The van der Waals surface area contributed by atoms with Crippen LogP contribution in [0.4, 0.5) is 0 Å². The third-order valence-electron chi connectivity index (χ3n) is 8.12. The SMILES string of the molecule is CN(C)C1CCCCCCC(C2(Cn3[nH]cnc3=S)OC3CCCCC3O2)CCCCC1. The van der Waals surface area contributed by atoms with E-state index in [1.807, 2.05) is 4.68 Å². The first kappa shape index (κ1) is 24.4. The maximum atomic E-state index is 6.87. The molecule has 0 aromatic carbocycles. The first-order valence-electron chi connectivity index (χ1n) is 13.2. The molecule has 0 bridgehead atoms. The van der Waals surface area contributed by atoms with Crippen LogP contribution in [0.3, 0.4) is 0 Å². The minimum absolute atomic E-state index is 0.242. The predicted molar refractivity (Wildman–Crippen MR) is 130 cm³/mol. The van der Waals surface area contributed by atoms with Crippen LogP contribution < -0.4 is 0 Å². The van der Waals surface area contributed by atoms with Gasteiger partial charge < -0.3 is 14.4 Å². The largest absolute Gasteiger partial charge is 0.342 e. The Labute approximate surface area is 199 Å². The van der Waals surface area contributed by atoms with Crippen LogP contribution in [0.15, 0.2) is 6.33 Å². The van der Waals surface area contributed by atoms with Gasteiger partial charge in [0.2, 0.25) is 4.77 Å². The molecule has 0 radical (unpaired) electrons. The molecule has 6 nitrogen and oxygen atoms in total. The normalized spacial score (nSPS) is 35.6. The molecule has 0 amide bonds. The van der Waals surface area contributed by atoms with Gasteiger partial charge in [-0.15, -0.1) is 0 Å². The molecule has 4 atom stereocenters. The summed E-state index contributed by atoms with van der Waals surface area (Å²) in [6, 6.07) is 0.741. The molecule has 32 heavy (non-hydrogen) atoms. The van der Waals surface area contributed by atoms with E-state index in [-0.39, 0.29) is 12.2 Å². The smallest absolute Gasteiger partial charge is 0.215 e. The lowest BCUT2D eigenvalue weighted by molar-refractivity contribution is -0.225. The quantitative estimate of drug-likeness (QED) is 0.567. The van der Waals surface area contributed by atoms with Crippen molar-refractivity contribution in [2.24, 2.45) is 5.92 Å². The van der Waals surface area contributed by atoms with E-state index < -0.39 is 5.79 Å². The molecule has 2 aliphatic carbocycles. The van der Waals surface area contributed by atoms with Gasteiger partial charge in [-0.2, -0.15) is 0 Å². The van der Waals surface area contributed by atoms with Gasteiger partial charge in [-0.1, -0.05) is 57.8 Å². The highest BCUT2D eigenvalue weighted by Crippen LogP contribution is 2.45. The van der Waals surface area contributed by atoms with Crippen LogP contribution in [-0.2, 0) is 16.0 Å². The van der Waals surface area contributed by atoms with E-state index >= 15 is 0 Å². The molecule has 1 N–H and O–H groups in total. The summed E-state index contributed by atoms with van der Waals surface area (Å²) >= 11 is 5.47. The molecule has 2 saturated carbocycles. The maximum Gasteiger partial charge on any atom is 0.215 e. The van der Waals surface area contributed by atoms with E-state index in [9.17, 15) is 0 Å². The highest BCUT2D eigenvalue weighted by atomic mass is 32.1. The van der Waals surface area contributed by atoms with E-state index in [0.717, 1.165) is 18.9 Å². The first-order valence-corrected chi connectivity index (χ1v) is 13.6. The van der Waals surface area contributed by atoms with Crippen LogP contribution in [0.25, 0.3) is 0 Å². The Morgan fingerprint density at radius 3 is 1.97 bits per heavy atom. The van der Waals surface area contributed by atoms with Crippen LogP contribution in [0.1, 0.15) is 96.3 Å².